The van der Waals surface area contributed by atoms with Crippen molar-refractivity contribution in [1.82, 2.24) is 55.5 Å². The first-order chi connectivity index (χ1) is 51.2. The van der Waals surface area contributed by atoms with Gasteiger partial charge in [0.2, 0.25) is 23.6 Å². The fraction of sp³-hybridized carbons (Fsp3) is 0.627. The molecule has 0 spiro atoms. The molecule has 106 heavy (non-hydrogen) atoms. The van der Waals surface area contributed by atoms with E-state index in [9.17, 15) is 38.7 Å². The van der Waals surface area contributed by atoms with Gasteiger partial charge < -0.3 is 88.0 Å². The number of aliphatic hydroxyl groups is 1. The molecule has 0 aromatic carbocycles. The fourth-order valence-electron chi connectivity index (χ4n) is 12.9. The van der Waals surface area contributed by atoms with E-state index in [-0.39, 0.29) is 115 Å². The van der Waals surface area contributed by atoms with Gasteiger partial charge in [0.15, 0.2) is 0 Å². The van der Waals surface area contributed by atoms with Crippen LogP contribution in [0.5, 0.6) is 0 Å². The van der Waals surface area contributed by atoms with Crippen LogP contribution in [0.15, 0.2) is 30.4 Å². The minimum absolute atomic E-state index is 0.0160. The predicted molar refractivity (Wildman–Crippen MR) is 391 cm³/mol. The van der Waals surface area contributed by atoms with Crippen molar-refractivity contribution in [2.75, 3.05) is 198 Å². The summed E-state index contributed by atoms with van der Waals surface area (Å²) in [4.78, 5) is 129. The van der Waals surface area contributed by atoms with Crippen LogP contribution in [0.4, 0.5) is 0 Å². The molecule has 31 heteroatoms. The number of hydrogen-bond acceptors (Lipinski definition) is 23. The molecule has 0 saturated carbocycles. The number of aryl methyl sites for hydroxylation is 2. The van der Waals surface area contributed by atoms with Gasteiger partial charge in [-0.2, -0.15) is 0 Å². The minimum atomic E-state index is -0.914. The number of allylic oxidation sites excluding steroid dienone is 2. The molecule has 8 heterocycles. The molecule has 5 atom stereocenters. The Morgan fingerprint density at radius 3 is 1.77 bits per heavy atom. The quantitative estimate of drug-likeness (QED) is 0.0344. The second-order valence-corrected chi connectivity index (χ2v) is 26.4. The number of carbonyl (C=O) groups excluding carboxylic acids is 8. The maximum atomic E-state index is 15.3. The standard InChI is InChI=1S/C75H109N11O20/c1-10-55-48(2)57-47-62-67(50(4)59(80-62)45-58-49(3)56(11-12-64(89)83(9)19-23-87)70(81-58)69-71-68(51(5)60(82-71)46-61(55)79-57)74(94)86(75(69)95)18-17-84-20-26-98-27-21-84)54(8)106-44-43-97-25-16-76-72(92)52(6)78-73(93)53(7)77-63(88)15-24-96-29-31-100-33-35-102-37-39-104-41-42-105-40-38-103-36-34-101-32-30-99-28-22-85-65(90)13-14-66(85)91/h13-14,45-47,49,52-54,56,80,82,87H,10-12,15-44H2,1-9H3,(H,76,92)(H,77,88)(H,78,93)/t49-,52-,53-,54?,56-/m0/s1. The Bertz CT molecular complexity index is 3700. The van der Waals surface area contributed by atoms with E-state index in [1.165, 1.54) is 28.9 Å². The van der Waals surface area contributed by atoms with Gasteiger partial charge >= 0.3 is 0 Å². The molecule has 3 aromatic rings. The highest BCUT2D eigenvalue weighted by Crippen LogP contribution is 2.45. The van der Waals surface area contributed by atoms with Crippen molar-refractivity contribution >= 4 is 80.5 Å². The lowest BCUT2D eigenvalue weighted by atomic mass is 9.84. The van der Waals surface area contributed by atoms with Gasteiger partial charge in [-0.1, -0.05) is 13.8 Å². The zero-order valence-corrected chi connectivity index (χ0v) is 63.0. The molecule has 584 valence electrons. The summed E-state index contributed by atoms with van der Waals surface area (Å²) < 4.78 is 61.9. The lowest BCUT2D eigenvalue weighted by Crippen LogP contribution is -2.52. The van der Waals surface area contributed by atoms with Gasteiger partial charge in [-0.15, -0.1) is 0 Å². The summed E-state index contributed by atoms with van der Waals surface area (Å²) in [5, 5.41) is 17.7. The van der Waals surface area contributed by atoms with Crippen molar-refractivity contribution in [3.8, 4) is 0 Å². The molecule has 6 N–H and O–H groups in total. The van der Waals surface area contributed by atoms with Crippen LogP contribution in [0.1, 0.15) is 145 Å². The number of nitrogens with zero attached hydrogens (tertiary/aromatic N) is 6. The largest absolute Gasteiger partial charge is 0.395 e. The lowest BCUT2D eigenvalue weighted by molar-refractivity contribution is -0.138. The number of hydrogen-bond donors (Lipinski definition) is 6. The van der Waals surface area contributed by atoms with Crippen molar-refractivity contribution in [2.45, 2.75) is 111 Å². The number of aliphatic hydroxyl groups excluding tert-OH is 1. The molecule has 1 saturated heterocycles. The summed E-state index contributed by atoms with van der Waals surface area (Å²) in [6.07, 6.45) is 3.20. The summed E-state index contributed by atoms with van der Waals surface area (Å²) in [5.41, 5.74) is 10.4. The Hall–Kier alpha value is -7.76. The van der Waals surface area contributed by atoms with E-state index in [0.29, 0.717) is 171 Å². The second kappa shape index (κ2) is 43.3. The summed E-state index contributed by atoms with van der Waals surface area (Å²) in [6.45, 7) is 24.9. The molecule has 8 bridgehead atoms. The monoisotopic (exact) mass is 1480 g/mol. The lowest BCUT2D eigenvalue weighted by Gasteiger charge is -2.31. The van der Waals surface area contributed by atoms with Crippen molar-refractivity contribution in [3.63, 3.8) is 0 Å². The fourth-order valence-corrected chi connectivity index (χ4v) is 12.9. The average molecular weight is 1480 g/mol. The first-order valence-electron chi connectivity index (χ1n) is 36.9. The number of nitrogens with one attached hydrogen (secondary N) is 5. The maximum Gasteiger partial charge on any atom is 0.264 e. The predicted octanol–water partition coefficient (Wildman–Crippen LogP) is 3.99. The van der Waals surface area contributed by atoms with Gasteiger partial charge in [0.25, 0.3) is 23.6 Å². The third-order valence-corrected chi connectivity index (χ3v) is 19.1. The molecule has 31 nitrogen and oxygen atoms in total. The number of likely N-dealkylation sites (N-methyl/N-ethyl adjacent to an activating group) is 1. The number of carbonyl (C=O) groups is 8. The smallest absolute Gasteiger partial charge is 0.264 e. The molecule has 1 unspecified atom stereocenters. The number of aromatic nitrogens is 4. The number of rotatable bonds is 48. The van der Waals surface area contributed by atoms with Crippen molar-refractivity contribution in [1.29, 1.82) is 0 Å². The molecule has 0 radical (unpaired) electrons. The summed E-state index contributed by atoms with van der Waals surface area (Å²) in [7, 11) is 1.66. The van der Waals surface area contributed by atoms with Crippen molar-refractivity contribution in [3.05, 3.63) is 80.9 Å². The first kappa shape index (κ1) is 83.9. The molecule has 5 aliphatic heterocycles. The highest BCUT2D eigenvalue weighted by Gasteiger charge is 2.42. The van der Waals surface area contributed by atoms with E-state index in [1.54, 1.807) is 14.0 Å². The molecule has 3 aromatic heterocycles. The third kappa shape index (κ3) is 23.9. The zero-order valence-electron chi connectivity index (χ0n) is 63.0. The van der Waals surface area contributed by atoms with Crippen LogP contribution in [-0.2, 0) is 80.9 Å². The molecule has 0 aliphatic carbocycles. The Morgan fingerprint density at radius 2 is 1.17 bits per heavy atom. The Kier molecular flexibility index (Phi) is 34.3. The normalized spacial score (nSPS) is 16.9. The molecule has 5 aliphatic rings. The van der Waals surface area contributed by atoms with Gasteiger partial charge in [-0.3, -0.25) is 58.0 Å². The zero-order chi connectivity index (χ0) is 76.1. The van der Waals surface area contributed by atoms with Crippen molar-refractivity contribution in [2.24, 2.45) is 0 Å². The number of ether oxygens (including phenoxy) is 11. The SMILES string of the molecule is CCC1=C(C)c2cc3[nH]c(cc4nc(c5c6[nH]c(cc1n2)c(C)c6C(=O)N(CCN1CCOCC1)C5=O)[C@@H](CCC(=O)N(C)CCO)[C@@H]4C)c(C)c3C(C)OCCOCCNC(=O)[C@H](C)NC(=O)[C@H](C)NC(=O)CCOCCOCCOCCOCCOCCOCCOCCOCCN1C(=O)C=CC1=O. The van der Waals surface area contributed by atoms with Gasteiger partial charge in [0.1, 0.15) is 12.1 Å². The van der Waals surface area contributed by atoms with Crippen LogP contribution in [0, 0.1) is 13.8 Å². The van der Waals surface area contributed by atoms with Crippen LogP contribution < -0.4 is 16.0 Å². The van der Waals surface area contributed by atoms with Gasteiger partial charge in [0, 0.05) is 111 Å². The molecule has 8 rings (SSSR count). The van der Waals surface area contributed by atoms with E-state index in [1.807, 2.05) is 39.0 Å². The van der Waals surface area contributed by atoms with Gasteiger partial charge in [-0.25, -0.2) is 4.98 Å². The summed E-state index contributed by atoms with van der Waals surface area (Å²) in [5.74, 6) is -3.70. The Labute approximate surface area is 619 Å². The number of fused-ring (bicyclic) bond motifs is 8. The van der Waals surface area contributed by atoms with E-state index < -0.39 is 47.7 Å². The third-order valence-electron chi connectivity index (χ3n) is 19.1. The Balaban J connectivity index is 0.733. The number of morpholine rings is 1. The van der Waals surface area contributed by atoms with Crippen LogP contribution in [-0.4, -0.2) is 302 Å². The topological polar surface area (TPSA) is 365 Å². The van der Waals surface area contributed by atoms with Crippen LogP contribution in [0.25, 0.3) is 33.2 Å². The number of imide groups is 2. The number of amides is 8. The Morgan fingerprint density at radius 1 is 0.623 bits per heavy atom. The minimum Gasteiger partial charge on any atom is -0.395 e. The van der Waals surface area contributed by atoms with Crippen LogP contribution in [0.3, 0.4) is 0 Å². The molecular weight excluding hydrogens is 1370 g/mol. The number of H-pyrrole nitrogens is 2. The molecule has 8 amide bonds. The molecule has 1 fully saturated rings. The van der Waals surface area contributed by atoms with Crippen LogP contribution >= 0.6 is 0 Å². The summed E-state index contributed by atoms with van der Waals surface area (Å²) >= 11 is 0. The summed E-state index contributed by atoms with van der Waals surface area (Å²) in [6, 6.07) is 4.18. The van der Waals surface area contributed by atoms with E-state index in [4.69, 9.17) is 62.1 Å². The highest BCUT2D eigenvalue weighted by atomic mass is 16.6. The van der Waals surface area contributed by atoms with Crippen molar-refractivity contribution < 1.29 is 95.6 Å². The maximum absolute atomic E-state index is 15.3. The van der Waals surface area contributed by atoms with Crippen LogP contribution in [0.2, 0.25) is 0 Å². The second-order valence-electron chi connectivity index (χ2n) is 26.4. The van der Waals surface area contributed by atoms with E-state index in [2.05, 4.69) is 51.6 Å². The molecular formula is C75H109N11O20. The van der Waals surface area contributed by atoms with E-state index >= 15 is 4.79 Å². The van der Waals surface area contributed by atoms with Gasteiger partial charge in [0.05, 0.1) is 192 Å². The number of aromatic amines is 2. The highest BCUT2D eigenvalue weighted by molar-refractivity contribution is 6.23. The van der Waals surface area contributed by atoms with E-state index in [0.717, 1.165) is 49.6 Å². The van der Waals surface area contributed by atoms with Gasteiger partial charge in [-0.05, 0) is 94.9 Å². The average Bonchev–Trinajstić information content (AvgIpc) is 1.55. The first-order valence-corrected chi connectivity index (χ1v) is 36.9.